The zero-order valence-corrected chi connectivity index (χ0v) is 13.7. The molecule has 0 saturated heterocycles. The van der Waals surface area contributed by atoms with Crippen molar-refractivity contribution < 1.29 is 22.7 Å². The van der Waals surface area contributed by atoms with Gasteiger partial charge in [-0.3, -0.25) is 10.2 Å². The summed E-state index contributed by atoms with van der Waals surface area (Å²) in [6.07, 6.45) is 0. The van der Waals surface area contributed by atoms with Crippen LogP contribution in [0.5, 0.6) is 11.5 Å². The van der Waals surface area contributed by atoms with Crippen molar-refractivity contribution >= 4 is 15.9 Å². The molecule has 0 unspecified atom stereocenters. The molecule has 0 saturated carbocycles. The first-order chi connectivity index (χ1) is 11.5. The second-order valence-corrected chi connectivity index (χ2v) is 6.91. The SMILES string of the molecule is Cc1ccc(C(=O)NNS(=O)(=O)c2ccc3c(c2)OCCO3)cc1. The van der Waals surface area contributed by atoms with Crippen molar-refractivity contribution in [2.24, 2.45) is 0 Å². The molecule has 2 aromatic carbocycles. The Morgan fingerprint density at radius 3 is 2.38 bits per heavy atom. The summed E-state index contributed by atoms with van der Waals surface area (Å²) in [5.41, 5.74) is 3.54. The van der Waals surface area contributed by atoms with Gasteiger partial charge in [-0.15, -0.1) is 4.83 Å². The van der Waals surface area contributed by atoms with E-state index < -0.39 is 15.9 Å². The molecule has 1 heterocycles. The first-order valence-electron chi connectivity index (χ1n) is 7.24. The van der Waals surface area contributed by atoms with Crippen molar-refractivity contribution in [1.29, 1.82) is 0 Å². The number of nitrogens with one attached hydrogen (secondary N) is 2. The van der Waals surface area contributed by atoms with Crippen LogP contribution >= 0.6 is 0 Å². The molecule has 0 radical (unpaired) electrons. The van der Waals surface area contributed by atoms with Crippen LogP contribution in [-0.4, -0.2) is 27.5 Å². The van der Waals surface area contributed by atoms with E-state index >= 15 is 0 Å². The van der Waals surface area contributed by atoms with Gasteiger partial charge in [0.1, 0.15) is 13.2 Å². The molecule has 0 aromatic heterocycles. The summed E-state index contributed by atoms with van der Waals surface area (Å²) >= 11 is 0. The number of aryl methyl sites for hydroxylation is 1. The lowest BCUT2D eigenvalue weighted by Crippen LogP contribution is -2.41. The Morgan fingerprint density at radius 1 is 1.00 bits per heavy atom. The van der Waals surface area contributed by atoms with Crippen LogP contribution < -0.4 is 19.7 Å². The molecule has 0 fully saturated rings. The van der Waals surface area contributed by atoms with Gasteiger partial charge in [0.05, 0.1) is 4.90 Å². The fourth-order valence-electron chi connectivity index (χ4n) is 2.14. The Morgan fingerprint density at radius 2 is 1.67 bits per heavy atom. The van der Waals surface area contributed by atoms with E-state index in [1.165, 1.54) is 18.2 Å². The summed E-state index contributed by atoms with van der Waals surface area (Å²) < 4.78 is 35.3. The first-order valence-corrected chi connectivity index (χ1v) is 8.72. The van der Waals surface area contributed by atoms with Crippen LogP contribution in [0.1, 0.15) is 15.9 Å². The number of hydrazine groups is 1. The zero-order chi connectivity index (χ0) is 17.2. The molecule has 126 valence electrons. The van der Waals surface area contributed by atoms with E-state index in [2.05, 4.69) is 10.3 Å². The second-order valence-electron chi connectivity index (χ2n) is 5.23. The van der Waals surface area contributed by atoms with Gasteiger partial charge in [-0.1, -0.05) is 17.7 Å². The van der Waals surface area contributed by atoms with Gasteiger partial charge < -0.3 is 9.47 Å². The third-order valence-electron chi connectivity index (χ3n) is 3.44. The normalized spacial score (nSPS) is 13.4. The van der Waals surface area contributed by atoms with Crippen LogP contribution in [0, 0.1) is 6.92 Å². The number of hydrogen-bond acceptors (Lipinski definition) is 5. The fourth-order valence-corrected chi connectivity index (χ4v) is 2.99. The van der Waals surface area contributed by atoms with E-state index in [1.54, 1.807) is 24.3 Å². The molecule has 0 bridgehead atoms. The fraction of sp³-hybridized carbons (Fsp3) is 0.188. The molecule has 2 aromatic rings. The minimum atomic E-state index is -3.92. The molecule has 2 N–H and O–H groups in total. The lowest BCUT2D eigenvalue weighted by atomic mass is 10.1. The van der Waals surface area contributed by atoms with Crippen molar-refractivity contribution in [3.8, 4) is 11.5 Å². The van der Waals surface area contributed by atoms with Crippen molar-refractivity contribution in [2.75, 3.05) is 13.2 Å². The molecule has 0 aliphatic carbocycles. The Balaban J connectivity index is 1.72. The van der Waals surface area contributed by atoms with Gasteiger partial charge in [0, 0.05) is 11.6 Å². The van der Waals surface area contributed by atoms with E-state index in [1.807, 2.05) is 6.92 Å². The second kappa shape index (κ2) is 6.50. The monoisotopic (exact) mass is 348 g/mol. The number of fused-ring (bicyclic) bond motifs is 1. The average Bonchev–Trinajstić information content (AvgIpc) is 2.60. The van der Waals surface area contributed by atoms with Crippen LogP contribution in [0.15, 0.2) is 47.4 Å². The van der Waals surface area contributed by atoms with E-state index in [9.17, 15) is 13.2 Å². The van der Waals surface area contributed by atoms with Crippen molar-refractivity contribution in [3.05, 3.63) is 53.6 Å². The standard InChI is InChI=1S/C16H16N2O5S/c1-11-2-4-12(5-3-11)16(19)17-18-24(20,21)13-6-7-14-15(10-13)23-9-8-22-14/h2-7,10,18H,8-9H2,1H3,(H,17,19). The largest absolute Gasteiger partial charge is 0.486 e. The smallest absolute Gasteiger partial charge is 0.266 e. The van der Waals surface area contributed by atoms with Gasteiger partial charge in [0.15, 0.2) is 11.5 Å². The lowest BCUT2D eigenvalue weighted by Gasteiger charge is -2.19. The Bertz CT molecular complexity index is 863. The van der Waals surface area contributed by atoms with Crippen molar-refractivity contribution in [3.63, 3.8) is 0 Å². The van der Waals surface area contributed by atoms with E-state index in [4.69, 9.17) is 9.47 Å². The summed E-state index contributed by atoms with van der Waals surface area (Å²) in [5, 5.41) is 0. The topological polar surface area (TPSA) is 93.7 Å². The molecule has 0 atom stereocenters. The van der Waals surface area contributed by atoms with Crippen molar-refractivity contribution in [1.82, 2.24) is 10.3 Å². The number of amides is 1. The van der Waals surface area contributed by atoms with Crippen LogP contribution in [0.3, 0.4) is 0 Å². The molecule has 24 heavy (non-hydrogen) atoms. The number of hydrogen-bond donors (Lipinski definition) is 2. The predicted octanol–water partition coefficient (Wildman–Crippen LogP) is 1.39. The van der Waals surface area contributed by atoms with Gasteiger partial charge in [0.25, 0.3) is 15.9 Å². The van der Waals surface area contributed by atoms with Crippen LogP contribution in [-0.2, 0) is 10.0 Å². The summed E-state index contributed by atoms with van der Waals surface area (Å²) in [6.45, 7) is 2.67. The maximum atomic E-state index is 12.3. The minimum absolute atomic E-state index is 0.0315. The molecule has 3 rings (SSSR count). The highest BCUT2D eigenvalue weighted by atomic mass is 32.2. The molecular formula is C16H16N2O5S. The van der Waals surface area contributed by atoms with Gasteiger partial charge in [0.2, 0.25) is 0 Å². The van der Waals surface area contributed by atoms with Gasteiger partial charge in [-0.05, 0) is 31.2 Å². The maximum Gasteiger partial charge on any atom is 0.266 e. The van der Waals surface area contributed by atoms with E-state index in [0.717, 1.165) is 5.56 Å². The number of benzene rings is 2. The Hall–Kier alpha value is -2.58. The first kappa shape index (κ1) is 16.3. The molecule has 1 amide bonds. The average molecular weight is 348 g/mol. The molecule has 8 heteroatoms. The maximum absolute atomic E-state index is 12.3. The van der Waals surface area contributed by atoms with Crippen molar-refractivity contribution in [2.45, 2.75) is 11.8 Å². The Labute approximate surface area is 139 Å². The quantitative estimate of drug-likeness (QED) is 0.815. The lowest BCUT2D eigenvalue weighted by molar-refractivity contribution is 0.0945. The molecule has 1 aliphatic heterocycles. The van der Waals surface area contributed by atoms with Gasteiger partial charge in [-0.25, -0.2) is 8.42 Å². The Kier molecular flexibility index (Phi) is 4.41. The summed E-state index contributed by atoms with van der Waals surface area (Å²) in [6, 6.07) is 11.0. The summed E-state index contributed by atoms with van der Waals surface area (Å²) in [5.74, 6) is 0.300. The molecular weight excluding hydrogens is 332 g/mol. The van der Waals surface area contributed by atoms with Gasteiger partial charge >= 0.3 is 0 Å². The number of rotatable bonds is 4. The number of sulfonamides is 1. The highest BCUT2D eigenvalue weighted by molar-refractivity contribution is 7.89. The van der Waals surface area contributed by atoms with Crippen LogP contribution in [0.4, 0.5) is 0 Å². The number of carbonyl (C=O) groups excluding carboxylic acids is 1. The number of ether oxygens (including phenoxy) is 2. The molecule has 7 nitrogen and oxygen atoms in total. The highest BCUT2D eigenvalue weighted by Crippen LogP contribution is 2.31. The summed E-state index contributed by atoms with van der Waals surface area (Å²) in [4.78, 5) is 14.0. The predicted molar refractivity (Wildman–Crippen MR) is 86.4 cm³/mol. The summed E-state index contributed by atoms with van der Waals surface area (Å²) in [7, 11) is -3.92. The van der Waals surface area contributed by atoms with Gasteiger partial charge in [-0.2, -0.15) is 0 Å². The molecule has 0 spiro atoms. The van der Waals surface area contributed by atoms with Crippen LogP contribution in [0.2, 0.25) is 0 Å². The third-order valence-corrected chi connectivity index (χ3v) is 4.68. The zero-order valence-electron chi connectivity index (χ0n) is 12.9. The van der Waals surface area contributed by atoms with E-state index in [-0.39, 0.29) is 4.90 Å². The van der Waals surface area contributed by atoms with Crippen LogP contribution in [0.25, 0.3) is 0 Å². The third kappa shape index (κ3) is 3.50. The minimum Gasteiger partial charge on any atom is -0.486 e. The highest BCUT2D eigenvalue weighted by Gasteiger charge is 2.20. The molecule has 1 aliphatic rings. The van der Waals surface area contributed by atoms with E-state index in [0.29, 0.717) is 30.3 Å². The number of carbonyl (C=O) groups is 1.